The zero-order valence-electron chi connectivity index (χ0n) is 14.7. The molecule has 2 heterocycles. The molecule has 1 N–H and O–H groups in total. The Balaban J connectivity index is 1.57. The van der Waals surface area contributed by atoms with Gasteiger partial charge >= 0.3 is 0 Å². The molecule has 0 bridgehead atoms. The van der Waals surface area contributed by atoms with Crippen molar-refractivity contribution >= 4 is 0 Å². The average molecular weight is 330 g/mol. The maximum Gasteiger partial charge on any atom is 0.216 e. The average Bonchev–Trinajstić information content (AvgIpc) is 3.16. The second-order valence-electron chi connectivity index (χ2n) is 6.33. The smallest absolute Gasteiger partial charge is 0.216 e. The van der Waals surface area contributed by atoms with Crippen molar-refractivity contribution in [2.24, 2.45) is 7.05 Å². The Morgan fingerprint density at radius 2 is 2.08 bits per heavy atom. The van der Waals surface area contributed by atoms with Gasteiger partial charge in [-0.2, -0.15) is 5.10 Å². The van der Waals surface area contributed by atoms with Crippen molar-refractivity contribution in [2.45, 2.75) is 51.8 Å². The van der Waals surface area contributed by atoms with Gasteiger partial charge in [0.1, 0.15) is 6.10 Å². The lowest BCUT2D eigenvalue weighted by atomic mass is 10.2. The number of rotatable bonds is 7. The first-order valence-electron chi connectivity index (χ1n) is 8.56. The monoisotopic (exact) mass is 330 g/mol. The summed E-state index contributed by atoms with van der Waals surface area (Å²) < 4.78 is 13.2. The molecule has 1 saturated carbocycles. The largest absolute Gasteiger partial charge is 0.481 e. The van der Waals surface area contributed by atoms with Gasteiger partial charge in [0.15, 0.2) is 0 Å². The predicted octanol–water partition coefficient (Wildman–Crippen LogP) is 2.74. The topological polar surface area (TPSA) is 61.2 Å². The molecule has 0 amide bonds. The summed E-state index contributed by atoms with van der Waals surface area (Å²) in [4.78, 5) is 4.33. The SMILES string of the molecule is COc1c(CNCc2ccnc(OC3CCCC3)c2)c(C)nn1C. The number of hydrogen-bond acceptors (Lipinski definition) is 5. The van der Waals surface area contributed by atoms with Crippen LogP contribution >= 0.6 is 0 Å². The molecule has 0 unspecified atom stereocenters. The van der Waals surface area contributed by atoms with Gasteiger partial charge in [-0.05, 0) is 44.2 Å². The number of aromatic nitrogens is 3. The molecule has 130 valence electrons. The highest BCUT2D eigenvalue weighted by molar-refractivity contribution is 5.31. The Hall–Kier alpha value is -2.08. The number of ether oxygens (including phenoxy) is 2. The lowest BCUT2D eigenvalue weighted by Crippen LogP contribution is -2.15. The van der Waals surface area contributed by atoms with E-state index >= 15 is 0 Å². The fraction of sp³-hybridized carbons (Fsp3) is 0.556. The molecule has 0 aromatic carbocycles. The first-order valence-corrected chi connectivity index (χ1v) is 8.56. The molecule has 1 fully saturated rings. The zero-order valence-corrected chi connectivity index (χ0v) is 14.7. The van der Waals surface area contributed by atoms with Gasteiger partial charge in [0, 0.05) is 32.4 Å². The maximum atomic E-state index is 5.97. The molecule has 6 nitrogen and oxygen atoms in total. The lowest BCUT2D eigenvalue weighted by Gasteiger charge is -2.13. The molecule has 0 aliphatic heterocycles. The fourth-order valence-corrected chi connectivity index (χ4v) is 3.27. The van der Waals surface area contributed by atoms with Crippen molar-refractivity contribution in [3.05, 3.63) is 35.2 Å². The van der Waals surface area contributed by atoms with Crippen LogP contribution in [-0.2, 0) is 20.1 Å². The third-order valence-corrected chi connectivity index (χ3v) is 4.50. The van der Waals surface area contributed by atoms with Crippen LogP contribution in [0, 0.1) is 6.92 Å². The summed E-state index contributed by atoms with van der Waals surface area (Å²) in [5, 5.41) is 7.85. The third kappa shape index (κ3) is 3.87. The maximum absolute atomic E-state index is 5.97. The molecule has 2 aromatic rings. The van der Waals surface area contributed by atoms with Gasteiger partial charge in [0.25, 0.3) is 0 Å². The van der Waals surface area contributed by atoms with Crippen LogP contribution in [0.1, 0.15) is 42.5 Å². The summed E-state index contributed by atoms with van der Waals surface area (Å²) >= 11 is 0. The molecule has 1 aliphatic carbocycles. The lowest BCUT2D eigenvalue weighted by molar-refractivity contribution is 0.201. The van der Waals surface area contributed by atoms with Crippen LogP contribution in [0.4, 0.5) is 0 Å². The van der Waals surface area contributed by atoms with Gasteiger partial charge in [-0.1, -0.05) is 0 Å². The molecule has 0 spiro atoms. The highest BCUT2D eigenvalue weighted by atomic mass is 16.5. The first kappa shape index (κ1) is 16.8. The Labute approximate surface area is 143 Å². The molecule has 24 heavy (non-hydrogen) atoms. The van der Waals surface area contributed by atoms with Crippen LogP contribution in [0.15, 0.2) is 18.3 Å². The summed E-state index contributed by atoms with van der Waals surface area (Å²) in [5.41, 5.74) is 3.25. The number of methoxy groups -OCH3 is 1. The third-order valence-electron chi connectivity index (χ3n) is 4.50. The van der Waals surface area contributed by atoms with Gasteiger partial charge in [0.2, 0.25) is 11.8 Å². The van der Waals surface area contributed by atoms with E-state index in [1.807, 2.05) is 32.3 Å². The normalized spacial score (nSPS) is 15.0. The van der Waals surface area contributed by atoms with E-state index in [9.17, 15) is 0 Å². The summed E-state index contributed by atoms with van der Waals surface area (Å²) in [6.07, 6.45) is 6.96. The number of pyridine rings is 1. The Morgan fingerprint density at radius 3 is 2.83 bits per heavy atom. The Bertz CT molecular complexity index is 678. The Morgan fingerprint density at radius 1 is 1.29 bits per heavy atom. The fourth-order valence-electron chi connectivity index (χ4n) is 3.27. The van der Waals surface area contributed by atoms with Gasteiger partial charge < -0.3 is 14.8 Å². The van der Waals surface area contributed by atoms with E-state index in [2.05, 4.69) is 15.4 Å². The van der Waals surface area contributed by atoms with Crippen LogP contribution in [0.25, 0.3) is 0 Å². The number of hydrogen-bond donors (Lipinski definition) is 1. The van der Waals surface area contributed by atoms with E-state index in [0.29, 0.717) is 12.6 Å². The number of aryl methyl sites for hydroxylation is 2. The second kappa shape index (κ2) is 7.66. The van der Waals surface area contributed by atoms with Gasteiger partial charge in [-0.15, -0.1) is 0 Å². The van der Waals surface area contributed by atoms with Gasteiger partial charge in [-0.25, -0.2) is 9.67 Å². The van der Waals surface area contributed by atoms with Crippen LogP contribution < -0.4 is 14.8 Å². The van der Waals surface area contributed by atoms with Crippen molar-refractivity contribution < 1.29 is 9.47 Å². The van der Waals surface area contributed by atoms with E-state index in [1.165, 1.54) is 18.4 Å². The second-order valence-corrected chi connectivity index (χ2v) is 6.33. The molecule has 1 aliphatic rings. The van der Waals surface area contributed by atoms with Crippen molar-refractivity contribution in [1.29, 1.82) is 0 Å². The quantitative estimate of drug-likeness (QED) is 0.846. The molecule has 0 saturated heterocycles. The molecule has 6 heteroatoms. The minimum atomic E-state index is 0.336. The highest BCUT2D eigenvalue weighted by Crippen LogP contribution is 2.23. The van der Waals surface area contributed by atoms with E-state index < -0.39 is 0 Å². The van der Waals surface area contributed by atoms with Crippen molar-refractivity contribution in [1.82, 2.24) is 20.1 Å². The van der Waals surface area contributed by atoms with Crippen LogP contribution in [0.5, 0.6) is 11.8 Å². The molecular weight excluding hydrogens is 304 g/mol. The molecular formula is C18H26N4O2. The van der Waals surface area contributed by atoms with E-state index in [-0.39, 0.29) is 0 Å². The molecule has 0 atom stereocenters. The summed E-state index contributed by atoms with van der Waals surface area (Å²) in [7, 11) is 3.57. The van der Waals surface area contributed by atoms with Crippen molar-refractivity contribution in [2.75, 3.05) is 7.11 Å². The van der Waals surface area contributed by atoms with Gasteiger partial charge in [-0.3, -0.25) is 0 Å². The molecule has 3 rings (SSSR count). The summed E-state index contributed by atoms with van der Waals surface area (Å²) in [5.74, 6) is 1.54. The standard InChI is InChI=1S/C18H26N4O2/c1-13-16(18(23-3)22(2)21-13)12-19-11-14-8-9-20-17(10-14)24-15-6-4-5-7-15/h8-10,15,19H,4-7,11-12H2,1-3H3. The first-order chi connectivity index (χ1) is 11.7. The zero-order chi connectivity index (χ0) is 16.9. The van der Waals surface area contributed by atoms with E-state index in [1.54, 1.807) is 11.8 Å². The highest BCUT2D eigenvalue weighted by Gasteiger charge is 2.17. The number of nitrogens with one attached hydrogen (secondary N) is 1. The van der Waals surface area contributed by atoms with Crippen LogP contribution in [-0.4, -0.2) is 28.0 Å². The molecule has 2 aromatic heterocycles. The van der Waals surface area contributed by atoms with Crippen molar-refractivity contribution in [3.8, 4) is 11.8 Å². The van der Waals surface area contributed by atoms with Crippen molar-refractivity contribution in [3.63, 3.8) is 0 Å². The van der Waals surface area contributed by atoms with E-state index in [0.717, 1.165) is 42.4 Å². The van der Waals surface area contributed by atoms with Crippen LogP contribution in [0.2, 0.25) is 0 Å². The summed E-state index contributed by atoms with van der Waals surface area (Å²) in [6, 6.07) is 4.04. The number of nitrogens with zero attached hydrogens (tertiary/aromatic N) is 3. The minimum absolute atomic E-state index is 0.336. The van der Waals surface area contributed by atoms with Crippen LogP contribution in [0.3, 0.4) is 0 Å². The predicted molar refractivity (Wildman–Crippen MR) is 92.2 cm³/mol. The minimum Gasteiger partial charge on any atom is -0.481 e. The van der Waals surface area contributed by atoms with Gasteiger partial charge in [0.05, 0.1) is 18.4 Å². The summed E-state index contributed by atoms with van der Waals surface area (Å²) in [6.45, 7) is 3.46. The van der Waals surface area contributed by atoms with E-state index in [4.69, 9.17) is 9.47 Å². The Kier molecular flexibility index (Phi) is 5.35. The molecule has 0 radical (unpaired) electrons.